The number of terminal acetylenes is 1. The van der Waals surface area contributed by atoms with Gasteiger partial charge in [-0.25, -0.2) is 4.98 Å². The maximum atomic E-state index is 11.5. The number of amides is 1. The minimum atomic E-state index is -0.116. The number of hydrogen-bond acceptors (Lipinski definition) is 2. The lowest BCUT2D eigenvalue weighted by molar-refractivity contribution is 0.0955. The van der Waals surface area contributed by atoms with Crippen molar-refractivity contribution in [1.82, 2.24) is 10.3 Å². The van der Waals surface area contributed by atoms with Gasteiger partial charge in [0.2, 0.25) is 0 Å². The third kappa shape index (κ3) is 4.14. The Hall–Kier alpha value is -1.82. The van der Waals surface area contributed by atoms with Crippen LogP contribution in [0.25, 0.3) is 0 Å². The van der Waals surface area contributed by atoms with Crippen LogP contribution >= 0.6 is 0 Å². The molecule has 0 unspecified atom stereocenters. The molecular formula is C13H18N2O. The van der Waals surface area contributed by atoms with Crippen molar-refractivity contribution < 1.29 is 4.79 Å². The second-order valence-corrected chi connectivity index (χ2v) is 2.89. The van der Waals surface area contributed by atoms with Gasteiger partial charge >= 0.3 is 0 Å². The summed E-state index contributed by atoms with van der Waals surface area (Å²) in [4.78, 5) is 15.5. The molecule has 0 fully saturated rings. The zero-order valence-electron chi connectivity index (χ0n) is 10.3. The van der Waals surface area contributed by atoms with E-state index in [1.807, 2.05) is 27.7 Å². The van der Waals surface area contributed by atoms with Crippen molar-refractivity contribution in [2.45, 2.75) is 27.7 Å². The molecule has 0 bridgehead atoms. The fourth-order valence-corrected chi connectivity index (χ4v) is 1.14. The van der Waals surface area contributed by atoms with Gasteiger partial charge < -0.3 is 5.32 Å². The molecule has 0 saturated heterocycles. The van der Waals surface area contributed by atoms with Crippen LogP contribution in [-0.4, -0.2) is 17.4 Å². The number of aryl methyl sites for hydroxylation is 1. The van der Waals surface area contributed by atoms with Crippen LogP contribution in [0.2, 0.25) is 0 Å². The average molecular weight is 218 g/mol. The maximum absolute atomic E-state index is 11.5. The second-order valence-electron chi connectivity index (χ2n) is 2.89. The Balaban J connectivity index is 0.00000106. The summed E-state index contributed by atoms with van der Waals surface area (Å²) in [6.45, 7) is 8.28. The fraction of sp³-hybridized carbons (Fsp3) is 0.385. The molecule has 0 aliphatic rings. The molecule has 3 heteroatoms. The molecule has 0 aliphatic carbocycles. The maximum Gasteiger partial charge on any atom is 0.251 e. The van der Waals surface area contributed by atoms with Crippen LogP contribution in [0.4, 0.5) is 0 Å². The molecule has 1 amide bonds. The lowest BCUT2D eigenvalue weighted by atomic mass is 10.2. The third-order valence-corrected chi connectivity index (χ3v) is 1.70. The lowest BCUT2D eigenvalue weighted by Crippen LogP contribution is -2.22. The van der Waals surface area contributed by atoms with E-state index in [1.165, 1.54) is 0 Å². The first-order valence-corrected chi connectivity index (χ1v) is 5.41. The predicted molar refractivity (Wildman–Crippen MR) is 66.3 cm³/mol. The minimum Gasteiger partial charge on any atom is -0.352 e. The lowest BCUT2D eigenvalue weighted by Gasteiger charge is -2.03. The monoisotopic (exact) mass is 218 g/mol. The molecule has 0 spiro atoms. The Kier molecular flexibility index (Phi) is 6.62. The normalized spacial score (nSPS) is 8.44. The highest BCUT2D eigenvalue weighted by Crippen LogP contribution is 2.04. The SMILES string of the molecule is C#Cc1cc(C(=O)NCC)cc(C)n1.CC. The van der Waals surface area contributed by atoms with E-state index in [2.05, 4.69) is 16.2 Å². The molecule has 0 saturated carbocycles. The number of aromatic nitrogens is 1. The van der Waals surface area contributed by atoms with Crippen molar-refractivity contribution in [2.24, 2.45) is 0 Å². The molecule has 86 valence electrons. The van der Waals surface area contributed by atoms with Crippen molar-refractivity contribution >= 4 is 5.91 Å². The molecule has 3 nitrogen and oxygen atoms in total. The largest absolute Gasteiger partial charge is 0.352 e. The quantitative estimate of drug-likeness (QED) is 0.773. The van der Waals surface area contributed by atoms with Crippen LogP contribution < -0.4 is 5.32 Å². The molecule has 0 atom stereocenters. The number of nitrogens with one attached hydrogen (secondary N) is 1. The van der Waals surface area contributed by atoms with Gasteiger partial charge in [-0.1, -0.05) is 19.8 Å². The molecule has 1 N–H and O–H groups in total. The predicted octanol–water partition coefficient (Wildman–Crippen LogP) is 2.15. The number of carbonyl (C=O) groups is 1. The van der Waals surface area contributed by atoms with Gasteiger partial charge in [0.1, 0.15) is 5.69 Å². The van der Waals surface area contributed by atoms with Gasteiger partial charge in [-0.05, 0) is 26.0 Å². The summed E-state index contributed by atoms with van der Waals surface area (Å²) in [6, 6.07) is 3.32. The van der Waals surface area contributed by atoms with Gasteiger partial charge in [0.25, 0.3) is 5.91 Å². The molecule has 1 aromatic rings. The van der Waals surface area contributed by atoms with Crippen molar-refractivity contribution in [1.29, 1.82) is 0 Å². The summed E-state index contributed by atoms with van der Waals surface area (Å²) < 4.78 is 0. The Morgan fingerprint density at radius 1 is 1.50 bits per heavy atom. The second kappa shape index (κ2) is 7.47. The van der Waals surface area contributed by atoms with E-state index in [0.717, 1.165) is 5.69 Å². The summed E-state index contributed by atoms with van der Waals surface area (Å²) in [6.07, 6.45) is 5.22. The van der Waals surface area contributed by atoms with Gasteiger partial charge in [0.05, 0.1) is 0 Å². The smallest absolute Gasteiger partial charge is 0.251 e. The molecule has 1 heterocycles. The van der Waals surface area contributed by atoms with Gasteiger partial charge in [-0.3, -0.25) is 4.79 Å². The third-order valence-electron chi connectivity index (χ3n) is 1.70. The summed E-state index contributed by atoms with van der Waals surface area (Å²) in [7, 11) is 0. The molecule has 16 heavy (non-hydrogen) atoms. The molecule has 1 aromatic heterocycles. The van der Waals surface area contributed by atoms with E-state index in [9.17, 15) is 4.79 Å². The zero-order valence-corrected chi connectivity index (χ0v) is 10.3. The van der Waals surface area contributed by atoms with E-state index in [-0.39, 0.29) is 5.91 Å². The highest BCUT2D eigenvalue weighted by Gasteiger charge is 2.05. The summed E-state index contributed by atoms with van der Waals surface area (Å²) in [5.74, 6) is 2.30. The van der Waals surface area contributed by atoms with Crippen molar-refractivity contribution in [2.75, 3.05) is 6.54 Å². The van der Waals surface area contributed by atoms with Crippen molar-refractivity contribution in [3.63, 3.8) is 0 Å². The van der Waals surface area contributed by atoms with Crippen LogP contribution in [0.1, 0.15) is 42.5 Å². The summed E-state index contributed by atoms with van der Waals surface area (Å²) in [5, 5.41) is 2.71. The van der Waals surface area contributed by atoms with Crippen LogP contribution in [0.5, 0.6) is 0 Å². The zero-order chi connectivity index (χ0) is 12.6. The van der Waals surface area contributed by atoms with E-state index in [1.54, 1.807) is 12.1 Å². The molecule has 0 aliphatic heterocycles. The first kappa shape index (κ1) is 14.2. The number of pyridine rings is 1. The number of nitrogens with zero attached hydrogens (tertiary/aromatic N) is 1. The number of rotatable bonds is 2. The van der Waals surface area contributed by atoms with Crippen LogP contribution in [-0.2, 0) is 0 Å². The van der Waals surface area contributed by atoms with Crippen LogP contribution in [0, 0.1) is 19.3 Å². The van der Waals surface area contributed by atoms with Gasteiger partial charge in [-0.15, -0.1) is 6.42 Å². The van der Waals surface area contributed by atoms with E-state index in [4.69, 9.17) is 6.42 Å². The minimum absolute atomic E-state index is 0.116. The fourth-order valence-electron chi connectivity index (χ4n) is 1.14. The number of hydrogen-bond donors (Lipinski definition) is 1. The summed E-state index contributed by atoms with van der Waals surface area (Å²) >= 11 is 0. The standard InChI is InChI=1S/C11H12N2O.C2H6/c1-4-10-7-9(6-8(3)13-10)11(14)12-5-2;1-2/h1,6-7H,5H2,2-3H3,(H,12,14);1-2H3. The number of carbonyl (C=O) groups excluding carboxylic acids is 1. The summed E-state index contributed by atoms with van der Waals surface area (Å²) in [5.41, 5.74) is 1.81. The first-order chi connectivity index (χ1) is 7.67. The topological polar surface area (TPSA) is 42.0 Å². The molecule has 0 aromatic carbocycles. The Bertz CT molecular complexity index is 391. The van der Waals surface area contributed by atoms with Crippen LogP contribution in [0.3, 0.4) is 0 Å². The molecular weight excluding hydrogens is 200 g/mol. The van der Waals surface area contributed by atoms with Gasteiger partial charge in [-0.2, -0.15) is 0 Å². The highest BCUT2D eigenvalue weighted by molar-refractivity contribution is 5.94. The van der Waals surface area contributed by atoms with Gasteiger partial charge in [0, 0.05) is 17.8 Å². The van der Waals surface area contributed by atoms with Crippen LogP contribution in [0.15, 0.2) is 12.1 Å². The Morgan fingerprint density at radius 3 is 2.62 bits per heavy atom. The van der Waals surface area contributed by atoms with E-state index in [0.29, 0.717) is 17.8 Å². The van der Waals surface area contributed by atoms with Crippen molar-refractivity contribution in [3.8, 4) is 12.3 Å². The average Bonchev–Trinajstić information content (AvgIpc) is 2.31. The Labute approximate surface area is 97.3 Å². The highest BCUT2D eigenvalue weighted by atomic mass is 16.1. The molecule has 1 rings (SSSR count). The van der Waals surface area contributed by atoms with E-state index < -0.39 is 0 Å². The van der Waals surface area contributed by atoms with E-state index >= 15 is 0 Å². The van der Waals surface area contributed by atoms with Crippen molar-refractivity contribution in [3.05, 3.63) is 29.1 Å². The first-order valence-electron chi connectivity index (χ1n) is 5.41. The van der Waals surface area contributed by atoms with Gasteiger partial charge in [0.15, 0.2) is 0 Å². The Morgan fingerprint density at radius 2 is 2.12 bits per heavy atom. The molecule has 0 radical (unpaired) electrons.